The highest BCUT2D eigenvalue weighted by Crippen LogP contribution is 2.34. The van der Waals surface area contributed by atoms with Crippen molar-refractivity contribution >= 4 is 28.1 Å². The average Bonchev–Trinajstić information content (AvgIpc) is 2.72. The van der Waals surface area contributed by atoms with Crippen LogP contribution in [-0.2, 0) is 16.4 Å². The fraction of sp³-hybridized carbons (Fsp3) is 0.455. The predicted octanol–water partition coefficient (Wildman–Crippen LogP) is 3.39. The first-order chi connectivity index (χ1) is 13.5. The second kappa shape index (κ2) is 9.47. The molecule has 2 aromatic rings. The minimum atomic E-state index is -3.63. The molecule has 2 aliphatic rings. The normalized spacial score (nSPS) is 20.0. The van der Waals surface area contributed by atoms with Crippen LogP contribution in [0.15, 0.2) is 53.4 Å². The molecular weight excluding hydrogens is 406 g/mol. The molecule has 1 aliphatic carbocycles. The number of fused-ring (bicyclic) bond motifs is 1. The van der Waals surface area contributed by atoms with E-state index >= 15 is 0 Å². The van der Waals surface area contributed by atoms with Gasteiger partial charge in [-0.25, -0.2) is 13.6 Å². The van der Waals surface area contributed by atoms with E-state index in [-0.39, 0.29) is 17.3 Å². The highest BCUT2D eigenvalue weighted by molar-refractivity contribution is 7.89. The minimum absolute atomic E-state index is 0. The summed E-state index contributed by atoms with van der Waals surface area (Å²) in [5.41, 5.74) is 4.18. The molecule has 1 atom stereocenters. The average molecular weight is 436 g/mol. The molecule has 0 saturated carbocycles. The number of primary sulfonamides is 1. The quantitative estimate of drug-likeness (QED) is 0.781. The first-order valence-electron chi connectivity index (χ1n) is 10.2. The van der Waals surface area contributed by atoms with Crippen LogP contribution in [0.5, 0.6) is 0 Å². The van der Waals surface area contributed by atoms with E-state index in [0.717, 1.165) is 38.4 Å². The molecule has 1 heterocycles. The van der Waals surface area contributed by atoms with Crippen LogP contribution in [0.4, 0.5) is 5.69 Å². The Kier molecular flexibility index (Phi) is 7.22. The van der Waals surface area contributed by atoms with Crippen LogP contribution in [0, 0.1) is 0 Å². The van der Waals surface area contributed by atoms with Crippen molar-refractivity contribution in [2.75, 3.05) is 37.6 Å². The Morgan fingerprint density at radius 1 is 0.966 bits per heavy atom. The van der Waals surface area contributed by atoms with Crippen LogP contribution in [-0.4, -0.2) is 46.0 Å². The summed E-state index contributed by atoms with van der Waals surface area (Å²) in [4.78, 5) is 5.05. The zero-order valence-electron chi connectivity index (χ0n) is 16.7. The second-order valence-electron chi connectivity index (χ2n) is 7.94. The molecule has 4 rings (SSSR count). The molecule has 1 saturated heterocycles. The van der Waals surface area contributed by atoms with Crippen LogP contribution < -0.4 is 10.0 Å². The molecule has 1 aliphatic heterocycles. The van der Waals surface area contributed by atoms with Gasteiger partial charge in [-0.1, -0.05) is 24.3 Å². The van der Waals surface area contributed by atoms with E-state index < -0.39 is 10.0 Å². The second-order valence-corrected chi connectivity index (χ2v) is 9.51. The molecule has 1 fully saturated rings. The molecule has 158 valence electrons. The van der Waals surface area contributed by atoms with Gasteiger partial charge in [-0.3, -0.25) is 4.90 Å². The zero-order chi connectivity index (χ0) is 19.6. The summed E-state index contributed by atoms with van der Waals surface area (Å²) in [6.07, 6.45) is 5.09. The fourth-order valence-corrected chi connectivity index (χ4v) is 5.08. The Bertz CT molecular complexity index is 910. The van der Waals surface area contributed by atoms with Crippen molar-refractivity contribution in [2.45, 2.75) is 36.5 Å². The maximum Gasteiger partial charge on any atom is 0.238 e. The zero-order valence-corrected chi connectivity index (χ0v) is 18.3. The molecule has 0 radical (unpaired) electrons. The van der Waals surface area contributed by atoms with Gasteiger partial charge in [0.25, 0.3) is 0 Å². The number of aryl methyl sites for hydroxylation is 1. The standard InChI is InChI=1S/C22H29N3O2S.ClH/c23-28(26,27)21-10-8-20(9-11-21)25-16-14-24(15-17-25)13-12-19-6-3-5-18-4-1-2-7-22(18)19;/h1-2,4,7-11,19H,3,5-6,12-17H2,(H2,23,26,27);1H. The van der Waals surface area contributed by atoms with Gasteiger partial charge in [0.15, 0.2) is 0 Å². The molecule has 7 heteroatoms. The lowest BCUT2D eigenvalue weighted by Gasteiger charge is -2.37. The van der Waals surface area contributed by atoms with Gasteiger partial charge in [0.1, 0.15) is 0 Å². The van der Waals surface area contributed by atoms with Crippen molar-refractivity contribution in [1.82, 2.24) is 4.90 Å². The first-order valence-corrected chi connectivity index (χ1v) is 11.7. The number of nitrogens with two attached hydrogens (primary N) is 1. The summed E-state index contributed by atoms with van der Waals surface area (Å²) in [6.45, 7) is 5.18. The smallest absolute Gasteiger partial charge is 0.238 e. The van der Waals surface area contributed by atoms with Crippen molar-refractivity contribution in [3.05, 3.63) is 59.7 Å². The highest BCUT2D eigenvalue weighted by atomic mass is 35.5. The van der Waals surface area contributed by atoms with E-state index in [1.54, 1.807) is 23.3 Å². The van der Waals surface area contributed by atoms with Crippen LogP contribution in [0.25, 0.3) is 0 Å². The van der Waals surface area contributed by atoms with Crippen LogP contribution >= 0.6 is 12.4 Å². The number of halogens is 1. The summed E-state index contributed by atoms with van der Waals surface area (Å²) in [5.74, 6) is 0.703. The number of hydrogen-bond donors (Lipinski definition) is 1. The number of anilines is 1. The van der Waals surface area contributed by atoms with E-state index in [2.05, 4.69) is 34.1 Å². The Hall–Kier alpha value is -1.60. The van der Waals surface area contributed by atoms with E-state index in [9.17, 15) is 8.42 Å². The topological polar surface area (TPSA) is 66.6 Å². The van der Waals surface area contributed by atoms with E-state index in [1.165, 1.54) is 25.7 Å². The SMILES string of the molecule is Cl.NS(=O)(=O)c1ccc(N2CCN(CCC3CCCc4ccccc43)CC2)cc1. The van der Waals surface area contributed by atoms with Gasteiger partial charge in [0.05, 0.1) is 4.90 Å². The van der Waals surface area contributed by atoms with Crippen LogP contribution in [0.1, 0.15) is 36.3 Å². The number of hydrogen-bond acceptors (Lipinski definition) is 4. The van der Waals surface area contributed by atoms with Gasteiger partial charge < -0.3 is 4.90 Å². The predicted molar refractivity (Wildman–Crippen MR) is 120 cm³/mol. The number of sulfonamides is 1. The van der Waals surface area contributed by atoms with Gasteiger partial charge in [-0.2, -0.15) is 0 Å². The Labute approximate surface area is 180 Å². The number of nitrogens with zero attached hydrogens (tertiary/aromatic N) is 2. The molecule has 0 spiro atoms. The summed E-state index contributed by atoms with van der Waals surface area (Å²) in [7, 11) is -3.63. The highest BCUT2D eigenvalue weighted by Gasteiger charge is 2.22. The molecule has 0 bridgehead atoms. The monoisotopic (exact) mass is 435 g/mol. The third-order valence-corrected chi connectivity index (χ3v) is 7.12. The van der Waals surface area contributed by atoms with Gasteiger partial charge in [0, 0.05) is 31.9 Å². The molecule has 0 amide bonds. The summed E-state index contributed by atoms with van der Waals surface area (Å²) in [6, 6.07) is 15.9. The number of rotatable bonds is 5. The summed E-state index contributed by atoms with van der Waals surface area (Å²) >= 11 is 0. The van der Waals surface area contributed by atoms with Gasteiger partial charge in [-0.15, -0.1) is 12.4 Å². The van der Waals surface area contributed by atoms with Crippen molar-refractivity contribution in [2.24, 2.45) is 5.14 Å². The summed E-state index contributed by atoms with van der Waals surface area (Å²) in [5, 5.41) is 5.18. The first kappa shape index (κ1) is 22.1. The third-order valence-electron chi connectivity index (χ3n) is 6.19. The molecule has 29 heavy (non-hydrogen) atoms. The van der Waals surface area contributed by atoms with Crippen LogP contribution in [0.3, 0.4) is 0 Å². The molecular formula is C22H30ClN3O2S. The molecule has 2 N–H and O–H groups in total. The maximum atomic E-state index is 11.4. The fourth-order valence-electron chi connectivity index (χ4n) is 4.57. The Morgan fingerprint density at radius 2 is 1.66 bits per heavy atom. The number of benzene rings is 2. The Balaban J connectivity index is 0.00000240. The largest absolute Gasteiger partial charge is 0.369 e. The Morgan fingerprint density at radius 3 is 2.34 bits per heavy atom. The van der Waals surface area contributed by atoms with Gasteiger partial charge in [0.2, 0.25) is 10.0 Å². The van der Waals surface area contributed by atoms with E-state index in [0.29, 0.717) is 5.92 Å². The van der Waals surface area contributed by atoms with Crippen molar-refractivity contribution < 1.29 is 8.42 Å². The van der Waals surface area contributed by atoms with Gasteiger partial charge in [-0.05, 0) is 73.5 Å². The molecule has 5 nitrogen and oxygen atoms in total. The third kappa shape index (κ3) is 5.31. The lowest BCUT2D eigenvalue weighted by molar-refractivity contribution is 0.245. The van der Waals surface area contributed by atoms with Gasteiger partial charge >= 0.3 is 0 Å². The minimum Gasteiger partial charge on any atom is -0.369 e. The number of piperazine rings is 1. The van der Waals surface area contributed by atoms with Crippen molar-refractivity contribution in [3.8, 4) is 0 Å². The van der Waals surface area contributed by atoms with E-state index in [1.807, 2.05) is 12.1 Å². The molecule has 2 aromatic carbocycles. The lowest BCUT2D eigenvalue weighted by Crippen LogP contribution is -2.46. The molecule has 0 aromatic heterocycles. The van der Waals surface area contributed by atoms with Crippen molar-refractivity contribution in [3.63, 3.8) is 0 Å². The summed E-state index contributed by atoms with van der Waals surface area (Å²) < 4.78 is 22.8. The lowest BCUT2D eigenvalue weighted by atomic mass is 9.81. The van der Waals surface area contributed by atoms with Crippen molar-refractivity contribution in [1.29, 1.82) is 0 Å². The van der Waals surface area contributed by atoms with E-state index in [4.69, 9.17) is 5.14 Å². The maximum absolute atomic E-state index is 11.4. The van der Waals surface area contributed by atoms with Crippen LogP contribution in [0.2, 0.25) is 0 Å². The molecule has 1 unspecified atom stereocenters.